The standard InChI is InChI=1S/C25H32FN5O3/c1-7-33-18-8-9-20(19(26)14-18)31-16(3)21-15(2)27-28-22(23(21)29-31)17-10-12-30(13-11-17)24(32)34-25(4,5)6/h8-9,14,17H,7,10-13H2,1-6H3. The van der Waals surface area contributed by atoms with Gasteiger partial charge in [0.2, 0.25) is 0 Å². The lowest BCUT2D eigenvalue weighted by Crippen LogP contribution is -2.41. The van der Waals surface area contributed by atoms with Crippen molar-refractivity contribution in [3.05, 3.63) is 41.1 Å². The number of ether oxygens (including phenoxy) is 2. The number of fused-ring (bicyclic) bond motifs is 1. The molecule has 0 N–H and O–H groups in total. The molecule has 8 nitrogen and oxygen atoms in total. The summed E-state index contributed by atoms with van der Waals surface area (Å²) in [5, 5.41) is 14.6. The van der Waals surface area contributed by atoms with E-state index in [0.717, 1.165) is 40.8 Å². The van der Waals surface area contributed by atoms with E-state index in [1.807, 2.05) is 41.5 Å². The van der Waals surface area contributed by atoms with Gasteiger partial charge >= 0.3 is 6.09 Å². The molecule has 1 fully saturated rings. The second kappa shape index (κ2) is 9.19. The third kappa shape index (κ3) is 4.69. The average molecular weight is 470 g/mol. The van der Waals surface area contributed by atoms with Crippen LogP contribution in [0.15, 0.2) is 18.2 Å². The van der Waals surface area contributed by atoms with Crippen molar-refractivity contribution in [2.75, 3.05) is 19.7 Å². The van der Waals surface area contributed by atoms with Crippen molar-refractivity contribution >= 4 is 17.0 Å². The first-order chi connectivity index (χ1) is 16.1. The first-order valence-electron chi connectivity index (χ1n) is 11.7. The highest BCUT2D eigenvalue weighted by molar-refractivity contribution is 5.86. The van der Waals surface area contributed by atoms with Crippen LogP contribution in [0.2, 0.25) is 0 Å². The Morgan fingerprint density at radius 3 is 2.50 bits per heavy atom. The molecule has 0 atom stereocenters. The Bertz CT molecular complexity index is 1210. The zero-order chi connectivity index (χ0) is 24.6. The zero-order valence-electron chi connectivity index (χ0n) is 20.7. The van der Waals surface area contributed by atoms with E-state index in [1.54, 1.807) is 21.7 Å². The maximum absolute atomic E-state index is 14.9. The molecule has 34 heavy (non-hydrogen) atoms. The molecule has 2 aromatic heterocycles. The summed E-state index contributed by atoms with van der Waals surface area (Å²) in [4.78, 5) is 14.2. The molecule has 0 unspecified atom stereocenters. The van der Waals surface area contributed by atoms with E-state index < -0.39 is 11.4 Å². The molecule has 3 aromatic rings. The fourth-order valence-corrected chi connectivity index (χ4v) is 4.43. The second-order valence-electron chi connectivity index (χ2n) is 9.68. The van der Waals surface area contributed by atoms with Crippen LogP contribution < -0.4 is 4.74 Å². The maximum atomic E-state index is 14.9. The summed E-state index contributed by atoms with van der Waals surface area (Å²) >= 11 is 0. The normalized spacial score (nSPS) is 15.1. The lowest BCUT2D eigenvalue weighted by atomic mass is 9.92. The number of nitrogens with zero attached hydrogens (tertiary/aromatic N) is 5. The summed E-state index contributed by atoms with van der Waals surface area (Å²) in [6.07, 6.45) is 1.17. The summed E-state index contributed by atoms with van der Waals surface area (Å²) in [6, 6.07) is 4.79. The fourth-order valence-electron chi connectivity index (χ4n) is 4.43. The van der Waals surface area contributed by atoms with Gasteiger partial charge in [-0.1, -0.05) is 0 Å². The zero-order valence-corrected chi connectivity index (χ0v) is 20.7. The summed E-state index contributed by atoms with van der Waals surface area (Å²) in [5.74, 6) is 0.171. The van der Waals surface area contributed by atoms with E-state index in [4.69, 9.17) is 14.6 Å². The quantitative estimate of drug-likeness (QED) is 0.530. The van der Waals surface area contributed by atoms with Crippen molar-refractivity contribution in [3.63, 3.8) is 0 Å². The molecule has 0 spiro atoms. The Morgan fingerprint density at radius 1 is 1.18 bits per heavy atom. The Morgan fingerprint density at radius 2 is 1.88 bits per heavy atom. The van der Waals surface area contributed by atoms with Crippen LogP contribution in [0.25, 0.3) is 16.6 Å². The number of hydrogen-bond donors (Lipinski definition) is 0. The summed E-state index contributed by atoms with van der Waals surface area (Å²) in [6.45, 7) is 12.9. The highest BCUT2D eigenvalue weighted by Gasteiger charge is 2.30. The van der Waals surface area contributed by atoms with Gasteiger partial charge in [0.05, 0.1) is 23.7 Å². The number of carbonyl (C=O) groups is 1. The van der Waals surface area contributed by atoms with Gasteiger partial charge in [-0.2, -0.15) is 15.3 Å². The molecule has 3 heterocycles. The number of rotatable bonds is 4. The first-order valence-corrected chi connectivity index (χ1v) is 11.7. The summed E-state index contributed by atoms with van der Waals surface area (Å²) in [7, 11) is 0. The van der Waals surface area contributed by atoms with Gasteiger partial charge in [0.1, 0.15) is 22.6 Å². The molecule has 0 aliphatic carbocycles. The van der Waals surface area contributed by atoms with Crippen LogP contribution in [-0.2, 0) is 4.74 Å². The average Bonchev–Trinajstić information content (AvgIpc) is 3.11. The number of aryl methyl sites for hydroxylation is 2. The molecule has 182 valence electrons. The lowest BCUT2D eigenvalue weighted by molar-refractivity contribution is 0.0204. The highest BCUT2D eigenvalue weighted by atomic mass is 19.1. The molecule has 0 saturated carbocycles. The number of benzene rings is 1. The largest absolute Gasteiger partial charge is 0.494 e. The maximum Gasteiger partial charge on any atom is 0.410 e. The highest BCUT2D eigenvalue weighted by Crippen LogP contribution is 2.34. The fraction of sp³-hybridized carbons (Fsp3) is 0.520. The smallest absolute Gasteiger partial charge is 0.410 e. The Balaban J connectivity index is 1.64. The van der Waals surface area contributed by atoms with Crippen LogP contribution >= 0.6 is 0 Å². The van der Waals surface area contributed by atoms with Crippen LogP contribution in [0.4, 0.5) is 9.18 Å². The predicted molar refractivity (Wildman–Crippen MR) is 127 cm³/mol. The number of halogens is 1. The van der Waals surface area contributed by atoms with Gasteiger partial charge in [0.15, 0.2) is 5.82 Å². The van der Waals surface area contributed by atoms with Gasteiger partial charge in [0.25, 0.3) is 0 Å². The van der Waals surface area contributed by atoms with Gasteiger partial charge in [-0.3, -0.25) is 0 Å². The number of piperidine rings is 1. The minimum absolute atomic E-state index is 0.0993. The van der Waals surface area contributed by atoms with Crippen LogP contribution in [0.5, 0.6) is 5.75 Å². The van der Waals surface area contributed by atoms with Crippen LogP contribution in [0.3, 0.4) is 0 Å². The van der Waals surface area contributed by atoms with Gasteiger partial charge in [-0.25, -0.2) is 13.9 Å². The Hall–Kier alpha value is -3.23. The molecule has 0 bridgehead atoms. The molecule has 1 aliphatic rings. The van der Waals surface area contributed by atoms with Crippen molar-refractivity contribution in [3.8, 4) is 11.4 Å². The minimum Gasteiger partial charge on any atom is -0.494 e. The van der Waals surface area contributed by atoms with Gasteiger partial charge < -0.3 is 14.4 Å². The van der Waals surface area contributed by atoms with Gasteiger partial charge in [0, 0.05) is 30.5 Å². The van der Waals surface area contributed by atoms with E-state index >= 15 is 0 Å². The number of likely N-dealkylation sites (tertiary alicyclic amines) is 1. The van der Waals surface area contributed by atoms with E-state index in [-0.39, 0.29) is 12.0 Å². The number of hydrogen-bond acceptors (Lipinski definition) is 6. The van der Waals surface area contributed by atoms with Crippen LogP contribution in [0, 0.1) is 19.7 Å². The summed E-state index contributed by atoms with van der Waals surface area (Å²) in [5.41, 5.74) is 2.90. The van der Waals surface area contributed by atoms with Gasteiger partial charge in [-0.05, 0) is 66.5 Å². The molecular weight excluding hydrogens is 437 g/mol. The van der Waals surface area contributed by atoms with Crippen LogP contribution in [-0.4, -0.2) is 56.3 Å². The third-order valence-corrected chi connectivity index (χ3v) is 6.02. The molecule has 0 radical (unpaired) electrons. The van der Waals surface area contributed by atoms with Crippen molar-refractivity contribution in [1.29, 1.82) is 0 Å². The molecule has 1 amide bonds. The SMILES string of the molecule is CCOc1ccc(-n2nc3c(C4CCN(C(=O)OC(C)(C)C)CC4)nnc(C)c3c2C)c(F)c1. The molecule has 1 aromatic carbocycles. The lowest BCUT2D eigenvalue weighted by Gasteiger charge is -2.33. The minimum atomic E-state index is -0.525. The number of carbonyl (C=O) groups excluding carboxylic acids is 1. The van der Waals surface area contributed by atoms with Crippen LogP contribution in [0.1, 0.15) is 63.5 Å². The molecular formula is C25H32FN5O3. The van der Waals surface area contributed by atoms with Gasteiger partial charge in [-0.15, -0.1) is 0 Å². The van der Waals surface area contributed by atoms with Crippen molar-refractivity contribution in [1.82, 2.24) is 24.9 Å². The monoisotopic (exact) mass is 469 g/mol. The van der Waals surface area contributed by atoms with E-state index in [2.05, 4.69) is 10.2 Å². The van der Waals surface area contributed by atoms with E-state index in [9.17, 15) is 9.18 Å². The summed E-state index contributed by atoms with van der Waals surface area (Å²) < 4.78 is 27.5. The van der Waals surface area contributed by atoms with E-state index in [0.29, 0.717) is 31.1 Å². The number of aromatic nitrogens is 4. The van der Waals surface area contributed by atoms with Crippen molar-refractivity contribution < 1.29 is 18.7 Å². The topological polar surface area (TPSA) is 82.4 Å². The first kappa shape index (κ1) is 23.9. The van der Waals surface area contributed by atoms with E-state index in [1.165, 1.54) is 6.07 Å². The Labute approximate surface area is 199 Å². The second-order valence-corrected chi connectivity index (χ2v) is 9.68. The predicted octanol–water partition coefficient (Wildman–Crippen LogP) is 5.08. The number of amides is 1. The van der Waals surface area contributed by atoms with Crippen molar-refractivity contribution in [2.24, 2.45) is 0 Å². The molecule has 4 rings (SSSR count). The molecule has 9 heteroatoms. The molecule has 1 saturated heterocycles. The third-order valence-electron chi connectivity index (χ3n) is 6.02. The van der Waals surface area contributed by atoms with Crippen molar-refractivity contribution in [2.45, 2.75) is 65.9 Å². The molecule has 1 aliphatic heterocycles. The Kier molecular flexibility index (Phi) is 6.47.